The SMILES string of the molecule is CNC(=O)C(C)(C)CNC(=O)c1cc(Cl)nc(C(C)C)c1. The fraction of sp³-hybridized carbons (Fsp3) is 0.533. The first kappa shape index (κ1) is 17.4. The predicted molar refractivity (Wildman–Crippen MR) is 83.5 cm³/mol. The van der Waals surface area contributed by atoms with Crippen molar-refractivity contribution in [3.05, 3.63) is 28.5 Å². The second-order valence-corrected chi connectivity index (χ2v) is 6.29. The molecule has 1 heterocycles. The number of rotatable bonds is 5. The first-order valence-electron chi connectivity index (χ1n) is 6.85. The average Bonchev–Trinajstić information content (AvgIpc) is 2.43. The maximum absolute atomic E-state index is 12.2. The van der Waals surface area contributed by atoms with E-state index < -0.39 is 5.41 Å². The molecule has 6 heteroatoms. The van der Waals surface area contributed by atoms with E-state index in [4.69, 9.17) is 11.6 Å². The standard InChI is InChI=1S/C15H22ClN3O2/c1-9(2)11-6-10(7-12(16)19-11)13(20)18-8-15(3,4)14(21)17-5/h6-7,9H,8H2,1-5H3,(H,17,21)(H,18,20). The highest BCUT2D eigenvalue weighted by Gasteiger charge is 2.27. The van der Waals surface area contributed by atoms with Gasteiger partial charge in [-0.2, -0.15) is 0 Å². The minimum absolute atomic E-state index is 0.126. The second-order valence-electron chi connectivity index (χ2n) is 5.90. The zero-order chi connectivity index (χ0) is 16.2. The molecule has 21 heavy (non-hydrogen) atoms. The van der Waals surface area contributed by atoms with Crippen LogP contribution >= 0.6 is 11.6 Å². The van der Waals surface area contributed by atoms with E-state index >= 15 is 0 Å². The molecule has 0 unspecified atom stereocenters. The van der Waals surface area contributed by atoms with E-state index in [9.17, 15) is 9.59 Å². The van der Waals surface area contributed by atoms with Crippen molar-refractivity contribution in [3.63, 3.8) is 0 Å². The van der Waals surface area contributed by atoms with Crippen molar-refractivity contribution in [3.8, 4) is 0 Å². The monoisotopic (exact) mass is 311 g/mol. The summed E-state index contributed by atoms with van der Waals surface area (Å²) in [7, 11) is 1.57. The van der Waals surface area contributed by atoms with Crippen LogP contribution in [0.25, 0.3) is 0 Å². The molecule has 0 atom stereocenters. The van der Waals surface area contributed by atoms with Crippen LogP contribution < -0.4 is 10.6 Å². The highest BCUT2D eigenvalue weighted by molar-refractivity contribution is 6.29. The van der Waals surface area contributed by atoms with Crippen molar-refractivity contribution in [2.24, 2.45) is 5.41 Å². The molecule has 0 spiro atoms. The Kier molecular flexibility index (Phi) is 5.72. The number of nitrogens with zero attached hydrogens (tertiary/aromatic N) is 1. The van der Waals surface area contributed by atoms with Gasteiger partial charge in [-0.1, -0.05) is 25.4 Å². The molecule has 0 radical (unpaired) electrons. The number of hydrogen-bond acceptors (Lipinski definition) is 3. The summed E-state index contributed by atoms with van der Waals surface area (Å²) in [6.45, 7) is 7.74. The molecular weight excluding hydrogens is 290 g/mol. The van der Waals surface area contributed by atoms with Crippen molar-refractivity contribution < 1.29 is 9.59 Å². The smallest absolute Gasteiger partial charge is 0.251 e. The predicted octanol–water partition coefficient (Wildman–Crippen LogP) is 2.36. The lowest BCUT2D eigenvalue weighted by atomic mass is 9.92. The summed E-state index contributed by atoms with van der Waals surface area (Å²) in [4.78, 5) is 28.1. The molecular formula is C15H22ClN3O2. The number of nitrogens with one attached hydrogen (secondary N) is 2. The number of pyridine rings is 1. The molecule has 0 aliphatic heterocycles. The van der Waals surface area contributed by atoms with Crippen LogP contribution in [0.15, 0.2) is 12.1 Å². The van der Waals surface area contributed by atoms with Crippen molar-refractivity contribution in [1.82, 2.24) is 15.6 Å². The van der Waals surface area contributed by atoms with Gasteiger partial charge in [-0.05, 0) is 31.9 Å². The van der Waals surface area contributed by atoms with Gasteiger partial charge in [0.15, 0.2) is 0 Å². The summed E-state index contributed by atoms with van der Waals surface area (Å²) in [6.07, 6.45) is 0. The van der Waals surface area contributed by atoms with Crippen LogP contribution in [0.4, 0.5) is 0 Å². The minimum Gasteiger partial charge on any atom is -0.359 e. The number of hydrogen-bond donors (Lipinski definition) is 2. The molecule has 0 fully saturated rings. The minimum atomic E-state index is -0.678. The maximum Gasteiger partial charge on any atom is 0.251 e. The topological polar surface area (TPSA) is 71.1 Å². The third-order valence-electron chi connectivity index (χ3n) is 3.20. The first-order chi connectivity index (χ1) is 9.67. The van der Waals surface area contributed by atoms with Gasteiger partial charge in [-0.3, -0.25) is 9.59 Å². The van der Waals surface area contributed by atoms with E-state index in [2.05, 4.69) is 15.6 Å². The third-order valence-corrected chi connectivity index (χ3v) is 3.39. The molecule has 0 aliphatic rings. The largest absolute Gasteiger partial charge is 0.359 e. The summed E-state index contributed by atoms with van der Waals surface area (Å²) in [5.74, 6) is -0.214. The highest BCUT2D eigenvalue weighted by atomic mass is 35.5. The summed E-state index contributed by atoms with van der Waals surface area (Å²) < 4.78 is 0. The summed E-state index contributed by atoms with van der Waals surface area (Å²) >= 11 is 5.95. The van der Waals surface area contributed by atoms with Crippen LogP contribution in [0.3, 0.4) is 0 Å². The molecule has 2 amide bonds. The molecule has 1 rings (SSSR count). The molecule has 1 aromatic rings. The summed E-state index contributed by atoms with van der Waals surface area (Å²) in [5, 5.41) is 5.63. The van der Waals surface area contributed by atoms with Crippen LogP contribution in [0.2, 0.25) is 5.15 Å². The van der Waals surface area contributed by atoms with Gasteiger partial charge in [0.1, 0.15) is 5.15 Å². The Balaban J connectivity index is 2.83. The van der Waals surface area contributed by atoms with Crippen molar-refractivity contribution >= 4 is 23.4 Å². The fourth-order valence-electron chi connectivity index (χ4n) is 1.77. The Bertz CT molecular complexity index is 542. The summed E-state index contributed by atoms with van der Waals surface area (Å²) in [6, 6.07) is 3.24. The Labute approximate surface area is 130 Å². The van der Waals surface area contributed by atoms with Gasteiger partial charge in [0.2, 0.25) is 5.91 Å². The van der Waals surface area contributed by atoms with E-state index in [1.54, 1.807) is 27.0 Å². The quantitative estimate of drug-likeness (QED) is 0.820. The van der Waals surface area contributed by atoms with Crippen LogP contribution in [-0.4, -0.2) is 30.4 Å². The highest BCUT2D eigenvalue weighted by Crippen LogP contribution is 2.18. The molecule has 0 aromatic carbocycles. The lowest BCUT2D eigenvalue weighted by Crippen LogP contribution is -2.43. The fourth-order valence-corrected chi connectivity index (χ4v) is 1.98. The Morgan fingerprint density at radius 2 is 1.95 bits per heavy atom. The number of carbonyl (C=O) groups excluding carboxylic acids is 2. The third kappa shape index (κ3) is 4.70. The second kappa shape index (κ2) is 6.89. The van der Waals surface area contributed by atoms with Gasteiger partial charge in [-0.15, -0.1) is 0 Å². The molecule has 0 saturated carbocycles. The summed E-state index contributed by atoms with van der Waals surface area (Å²) in [5.41, 5.74) is 0.534. The van der Waals surface area contributed by atoms with Crippen LogP contribution in [0.1, 0.15) is 49.7 Å². The van der Waals surface area contributed by atoms with Crippen molar-refractivity contribution in [1.29, 1.82) is 0 Å². The van der Waals surface area contributed by atoms with Crippen molar-refractivity contribution in [2.45, 2.75) is 33.6 Å². The van der Waals surface area contributed by atoms with Gasteiger partial charge in [0.05, 0.1) is 5.41 Å². The molecule has 0 bridgehead atoms. The van der Waals surface area contributed by atoms with E-state index in [1.807, 2.05) is 13.8 Å². The number of carbonyl (C=O) groups is 2. The van der Waals surface area contributed by atoms with Crippen LogP contribution in [-0.2, 0) is 4.79 Å². The van der Waals surface area contributed by atoms with Crippen LogP contribution in [0.5, 0.6) is 0 Å². The zero-order valence-corrected chi connectivity index (χ0v) is 13.8. The molecule has 1 aromatic heterocycles. The number of amides is 2. The van der Waals surface area contributed by atoms with Gasteiger partial charge in [-0.25, -0.2) is 4.98 Å². The van der Waals surface area contributed by atoms with E-state index in [0.717, 1.165) is 5.69 Å². The maximum atomic E-state index is 12.2. The number of halogens is 1. The lowest BCUT2D eigenvalue weighted by molar-refractivity contribution is -0.128. The van der Waals surface area contributed by atoms with E-state index in [0.29, 0.717) is 5.56 Å². The molecule has 5 nitrogen and oxygen atoms in total. The van der Waals surface area contributed by atoms with Crippen LogP contribution in [0, 0.1) is 5.41 Å². The molecule has 2 N–H and O–H groups in total. The van der Waals surface area contributed by atoms with Gasteiger partial charge in [0, 0.05) is 24.8 Å². The van der Waals surface area contributed by atoms with E-state index in [-0.39, 0.29) is 29.4 Å². The van der Waals surface area contributed by atoms with E-state index in [1.165, 1.54) is 6.07 Å². The number of aromatic nitrogens is 1. The lowest BCUT2D eigenvalue weighted by Gasteiger charge is -2.22. The van der Waals surface area contributed by atoms with Gasteiger partial charge in [0.25, 0.3) is 5.91 Å². The zero-order valence-electron chi connectivity index (χ0n) is 13.1. The average molecular weight is 312 g/mol. The molecule has 116 valence electrons. The Hall–Kier alpha value is -1.62. The van der Waals surface area contributed by atoms with Crippen molar-refractivity contribution in [2.75, 3.05) is 13.6 Å². The van der Waals surface area contributed by atoms with Gasteiger partial charge < -0.3 is 10.6 Å². The Morgan fingerprint density at radius 3 is 2.48 bits per heavy atom. The molecule has 0 saturated heterocycles. The first-order valence-corrected chi connectivity index (χ1v) is 7.23. The van der Waals surface area contributed by atoms with Gasteiger partial charge >= 0.3 is 0 Å². The normalized spacial score (nSPS) is 11.4. The Morgan fingerprint density at radius 1 is 1.33 bits per heavy atom. The molecule has 0 aliphatic carbocycles.